The second-order valence-corrected chi connectivity index (χ2v) is 6.55. The molecule has 0 aliphatic heterocycles. The molecule has 20 heavy (non-hydrogen) atoms. The minimum atomic E-state index is -3.21. The van der Waals surface area contributed by atoms with E-state index in [0.29, 0.717) is 11.6 Å². The molecule has 0 aliphatic carbocycles. The molecule has 2 aromatic rings. The van der Waals surface area contributed by atoms with Gasteiger partial charge in [0.05, 0.1) is 4.90 Å². The average molecular weight is 292 g/mol. The minimum Gasteiger partial charge on any atom is -0.439 e. The van der Waals surface area contributed by atoms with Crippen molar-refractivity contribution in [3.05, 3.63) is 48.2 Å². The van der Waals surface area contributed by atoms with Crippen LogP contribution < -0.4 is 10.5 Å². The van der Waals surface area contributed by atoms with Crippen molar-refractivity contribution in [1.29, 1.82) is 0 Å². The van der Waals surface area contributed by atoms with Gasteiger partial charge in [0, 0.05) is 24.1 Å². The molecule has 2 rings (SSSR count). The molecule has 106 valence electrons. The third-order valence-corrected chi connectivity index (χ3v) is 3.89. The van der Waals surface area contributed by atoms with Crippen LogP contribution in [0.2, 0.25) is 0 Å². The first kappa shape index (κ1) is 14.5. The Morgan fingerprint density at radius 3 is 2.40 bits per heavy atom. The number of nitrogens with two attached hydrogens (primary N) is 1. The molecule has 0 bridgehead atoms. The van der Waals surface area contributed by atoms with E-state index in [1.165, 1.54) is 12.1 Å². The highest BCUT2D eigenvalue weighted by molar-refractivity contribution is 7.90. The van der Waals surface area contributed by atoms with E-state index < -0.39 is 9.84 Å². The van der Waals surface area contributed by atoms with Gasteiger partial charge in [-0.05, 0) is 37.3 Å². The zero-order valence-electron chi connectivity index (χ0n) is 11.3. The van der Waals surface area contributed by atoms with E-state index in [4.69, 9.17) is 10.5 Å². The van der Waals surface area contributed by atoms with Gasteiger partial charge in [-0.2, -0.15) is 0 Å². The van der Waals surface area contributed by atoms with Gasteiger partial charge >= 0.3 is 0 Å². The van der Waals surface area contributed by atoms with Crippen molar-refractivity contribution in [1.82, 2.24) is 4.98 Å². The van der Waals surface area contributed by atoms with Gasteiger partial charge in [-0.15, -0.1) is 0 Å². The topological polar surface area (TPSA) is 82.3 Å². The normalized spacial score (nSPS) is 12.9. The quantitative estimate of drug-likeness (QED) is 0.935. The molecule has 0 spiro atoms. The van der Waals surface area contributed by atoms with Gasteiger partial charge in [-0.1, -0.05) is 6.07 Å². The molecule has 2 N–H and O–H groups in total. The van der Waals surface area contributed by atoms with Gasteiger partial charge < -0.3 is 10.5 Å². The van der Waals surface area contributed by atoms with E-state index in [2.05, 4.69) is 4.98 Å². The summed E-state index contributed by atoms with van der Waals surface area (Å²) >= 11 is 0. The highest BCUT2D eigenvalue weighted by Crippen LogP contribution is 2.26. The Kier molecular flexibility index (Phi) is 4.06. The van der Waals surface area contributed by atoms with Gasteiger partial charge in [-0.3, -0.25) is 0 Å². The van der Waals surface area contributed by atoms with Crippen LogP contribution in [0.1, 0.15) is 18.5 Å². The fraction of sp³-hybridized carbons (Fsp3) is 0.214. The predicted octanol–water partition coefficient (Wildman–Crippen LogP) is 2.30. The Bertz CT molecular complexity index is 695. The second kappa shape index (κ2) is 5.60. The lowest BCUT2D eigenvalue weighted by molar-refractivity contribution is 0.451. The third-order valence-electron chi connectivity index (χ3n) is 2.76. The van der Waals surface area contributed by atoms with Crippen molar-refractivity contribution in [3.63, 3.8) is 0 Å². The van der Waals surface area contributed by atoms with Gasteiger partial charge in [0.25, 0.3) is 0 Å². The van der Waals surface area contributed by atoms with Crippen LogP contribution in [0.5, 0.6) is 11.6 Å². The lowest BCUT2D eigenvalue weighted by Gasteiger charge is -2.12. The van der Waals surface area contributed by atoms with E-state index >= 15 is 0 Å². The first-order chi connectivity index (χ1) is 9.38. The molecule has 0 saturated heterocycles. The van der Waals surface area contributed by atoms with Crippen molar-refractivity contribution in [2.75, 3.05) is 6.26 Å². The zero-order chi connectivity index (χ0) is 14.8. The average Bonchev–Trinajstić information content (AvgIpc) is 2.38. The molecule has 0 aliphatic rings. The van der Waals surface area contributed by atoms with Crippen molar-refractivity contribution in [2.24, 2.45) is 5.73 Å². The maximum atomic E-state index is 11.4. The molecular weight excluding hydrogens is 276 g/mol. The Labute approximate surface area is 118 Å². The molecular formula is C14H16N2O3S. The molecule has 1 aromatic carbocycles. The molecule has 5 nitrogen and oxygen atoms in total. The lowest BCUT2D eigenvalue weighted by atomic mass is 10.1. The van der Waals surface area contributed by atoms with Crippen molar-refractivity contribution in [3.8, 4) is 11.6 Å². The maximum absolute atomic E-state index is 11.4. The van der Waals surface area contributed by atoms with Crippen LogP contribution in [-0.4, -0.2) is 19.7 Å². The predicted molar refractivity (Wildman–Crippen MR) is 76.5 cm³/mol. The van der Waals surface area contributed by atoms with E-state index in [-0.39, 0.29) is 10.9 Å². The number of nitrogens with zero attached hydrogens (tertiary/aromatic N) is 1. The van der Waals surface area contributed by atoms with Crippen LogP contribution in [0.4, 0.5) is 0 Å². The SMILES string of the molecule is C[C@H](N)c1cccnc1Oc1ccc(S(C)(=O)=O)cc1. The van der Waals surface area contributed by atoms with Gasteiger partial charge in [0.1, 0.15) is 5.75 Å². The van der Waals surface area contributed by atoms with E-state index in [9.17, 15) is 8.42 Å². The minimum absolute atomic E-state index is 0.200. The molecule has 0 saturated carbocycles. The van der Waals surface area contributed by atoms with E-state index in [1.54, 1.807) is 24.4 Å². The molecule has 1 heterocycles. The fourth-order valence-corrected chi connectivity index (χ4v) is 2.33. The highest BCUT2D eigenvalue weighted by atomic mass is 32.2. The largest absolute Gasteiger partial charge is 0.439 e. The van der Waals surface area contributed by atoms with Crippen molar-refractivity contribution >= 4 is 9.84 Å². The summed E-state index contributed by atoms with van der Waals surface area (Å²) in [5, 5.41) is 0. The number of hydrogen-bond donors (Lipinski definition) is 1. The zero-order valence-corrected chi connectivity index (χ0v) is 12.1. The summed E-state index contributed by atoms with van der Waals surface area (Å²) in [4.78, 5) is 4.39. The summed E-state index contributed by atoms with van der Waals surface area (Å²) in [7, 11) is -3.21. The highest BCUT2D eigenvalue weighted by Gasteiger charge is 2.11. The molecule has 1 aromatic heterocycles. The summed E-state index contributed by atoms with van der Waals surface area (Å²) in [5.74, 6) is 0.938. The number of aromatic nitrogens is 1. The Morgan fingerprint density at radius 2 is 1.85 bits per heavy atom. The van der Waals surface area contributed by atoms with E-state index in [1.807, 2.05) is 13.0 Å². The number of ether oxygens (including phenoxy) is 1. The lowest BCUT2D eigenvalue weighted by Crippen LogP contribution is -2.07. The van der Waals surface area contributed by atoms with Crippen molar-refractivity contribution in [2.45, 2.75) is 17.9 Å². The van der Waals surface area contributed by atoms with Crippen LogP contribution in [0, 0.1) is 0 Å². The maximum Gasteiger partial charge on any atom is 0.223 e. The molecule has 0 unspecified atom stereocenters. The number of sulfone groups is 1. The summed E-state index contributed by atoms with van der Waals surface area (Å²) in [6, 6.07) is 9.62. The number of rotatable bonds is 4. The Morgan fingerprint density at radius 1 is 1.20 bits per heavy atom. The molecule has 0 amide bonds. The first-order valence-electron chi connectivity index (χ1n) is 6.06. The smallest absolute Gasteiger partial charge is 0.223 e. The molecule has 0 fully saturated rings. The number of hydrogen-bond acceptors (Lipinski definition) is 5. The first-order valence-corrected chi connectivity index (χ1v) is 7.95. The van der Waals surface area contributed by atoms with Crippen LogP contribution in [0.3, 0.4) is 0 Å². The van der Waals surface area contributed by atoms with Crippen LogP contribution in [0.25, 0.3) is 0 Å². The molecule has 0 radical (unpaired) electrons. The van der Waals surface area contributed by atoms with Crippen LogP contribution in [-0.2, 0) is 9.84 Å². The number of benzene rings is 1. The monoisotopic (exact) mass is 292 g/mol. The van der Waals surface area contributed by atoms with Crippen LogP contribution in [0.15, 0.2) is 47.5 Å². The van der Waals surface area contributed by atoms with Gasteiger partial charge in [0.2, 0.25) is 5.88 Å². The summed E-state index contributed by atoms with van der Waals surface area (Å²) in [5.41, 5.74) is 6.64. The summed E-state index contributed by atoms with van der Waals surface area (Å²) < 4.78 is 28.4. The Balaban J connectivity index is 2.27. The number of pyridine rings is 1. The second-order valence-electron chi connectivity index (χ2n) is 4.53. The van der Waals surface area contributed by atoms with Crippen molar-refractivity contribution < 1.29 is 13.2 Å². The third kappa shape index (κ3) is 3.34. The fourth-order valence-electron chi connectivity index (χ4n) is 1.70. The Hall–Kier alpha value is -1.92. The van der Waals surface area contributed by atoms with E-state index in [0.717, 1.165) is 11.8 Å². The summed E-state index contributed by atoms with van der Waals surface area (Å²) in [6.07, 6.45) is 2.78. The van der Waals surface area contributed by atoms with Gasteiger partial charge in [0.15, 0.2) is 9.84 Å². The van der Waals surface area contributed by atoms with Crippen LogP contribution >= 0.6 is 0 Å². The standard InChI is InChI=1S/C14H16N2O3S/c1-10(15)13-4-3-9-16-14(13)19-11-5-7-12(8-6-11)20(2,17)18/h3-10H,15H2,1-2H3/t10-/m0/s1. The molecule has 6 heteroatoms. The van der Waals surface area contributed by atoms with Gasteiger partial charge in [-0.25, -0.2) is 13.4 Å². The molecule has 1 atom stereocenters. The summed E-state index contributed by atoms with van der Waals surface area (Å²) in [6.45, 7) is 1.84.